The van der Waals surface area contributed by atoms with Crippen LogP contribution in [0, 0.1) is 5.92 Å². The van der Waals surface area contributed by atoms with E-state index in [-0.39, 0.29) is 11.9 Å². The molecule has 0 rings (SSSR count). The topological polar surface area (TPSA) is 78.9 Å². The molecule has 0 aliphatic carbocycles. The number of carbonyl (C=O) groups is 2. The van der Waals surface area contributed by atoms with Crippen molar-refractivity contribution in [2.45, 2.75) is 32.7 Å². The lowest BCUT2D eigenvalue weighted by Crippen LogP contribution is -2.49. The molecule has 2 N–H and O–H groups in total. The number of hydrogen-bond donors (Lipinski definition) is 2. The Hall–Kier alpha value is -1.30. The van der Waals surface area contributed by atoms with Crippen molar-refractivity contribution in [3.63, 3.8) is 0 Å². The first kappa shape index (κ1) is 16.7. The van der Waals surface area contributed by atoms with Crippen molar-refractivity contribution in [3.8, 4) is 0 Å². The Balaban J connectivity index is 4.28. The van der Waals surface area contributed by atoms with E-state index in [0.29, 0.717) is 19.6 Å². The van der Waals surface area contributed by atoms with E-state index in [1.54, 1.807) is 14.2 Å². The van der Waals surface area contributed by atoms with E-state index >= 15 is 0 Å². The number of amides is 2. The lowest BCUT2D eigenvalue weighted by molar-refractivity contribution is -0.140. The molecule has 0 saturated carbocycles. The average Bonchev–Trinajstić information content (AvgIpc) is 2.34. The van der Waals surface area contributed by atoms with Gasteiger partial charge in [-0.25, -0.2) is 9.59 Å². The molecule has 0 aliphatic rings. The van der Waals surface area contributed by atoms with Crippen LogP contribution >= 0.6 is 0 Å². The van der Waals surface area contributed by atoms with Crippen molar-refractivity contribution in [1.82, 2.24) is 10.2 Å². The number of hydrogen-bond acceptors (Lipinski definition) is 3. The highest BCUT2D eigenvalue weighted by atomic mass is 16.5. The molecular formula is C12H24N2O4. The zero-order chi connectivity index (χ0) is 14.1. The molecule has 0 aliphatic heterocycles. The normalized spacial score (nSPS) is 13.8. The van der Waals surface area contributed by atoms with Gasteiger partial charge in [0.05, 0.1) is 0 Å². The van der Waals surface area contributed by atoms with Gasteiger partial charge in [-0.15, -0.1) is 0 Å². The van der Waals surface area contributed by atoms with E-state index in [4.69, 9.17) is 9.84 Å². The molecule has 106 valence electrons. The van der Waals surface area contributed by atoms with Gasteiger partial charge < -0.3 is 20.1 Å². The first-order valence-corrected chi connectivity index (χ1v) is 6.17. The molecule has 0 saturated heterocycles. The molecule has 0 aromatic carbocycles. The zero-order valence-corrected chi connectivity index (χ0v) is 11.6. The first-order chi connectivity index (χ1) is 8.43. The van der Waals surface area contributed by atoms with Gasteiger partial charge >= 0.3 is 12.0 Å². The minimum atomic E-state index is -0.997. The molecule has 0 aromatic rings. The number of urea groups is 1. The lowest BCUT2D eigenvalue weighted by atomic mass is 9.99. The summed E-state index contributed by atoms with van der Waals surface area (Å²) < 4.78 is 4.89. The summed E-state index contributed by atoms with van der Waals surface area (Å²) in [4.78, 5) is 24.3. The molecule has 0 spiro atoms. The number of methoxy groups -OCH3 is 1. The molecular weight excluding hydrogens is 236 g/mol. The minimum absolute atomic E-state index is 0.0983. The van der Waals surface area contributed by atoms with Crippen LogP contribution in [0.3, 0.4) is 0 Å². The Morgan fingerprint density at radius 2 is 2.06 bits per heavy atom. The van der Waals surface area contributed by atoms with Crippen LogP contribution in [0.1, 0.15) is 26.7 Å². The SMILES string of the molecule is CCC(C)C(NC(=O)N(C)CCCOC)C(=O)O. The summed E-state index contributed by atoms with van der Waals surface area (Å²) in [5, 5.41) is 11.6. The molecule has 6 nitrogen and oxygen atoms in total. The van der Waals surface area contributed by atoms with Crippen LogP contribution in [0.4, 0.5) is 4.79 Å². The van der Waals surface area contributed by atoms with E-state index in [2.05, 4.69) is 5.32 Å². The van der Waals surface area contributed by atoms with Gasteiger partial charge in [0.1, 0.15) is 6.04 Å². The first-order valence-electron chi connectivity index (χ1n) is 6.17. The van der Waals surface area contributed by atoms with Gasteiger partial charge in [0.2, 0.25) is 0 Å². The predicted molar refractivity (Wildman–Crippen MR) is 68.5 cm³/mol. The van der Waals surface area contributed by atoms with E-state index in [0.717, 1.165) is 6.42 Å². The monoisotopic (exact) mass is 260 g/mol. The minimum Gasteiger partial charge on any atom is -0.480 e. The van der Waals surface area contributed by atoms with Gasteiger partial charge in [0.15, 0.2) is 0 Å². The summed E-state index contributed by atoms with van der Waals surface area (Å²) >= 11 is 0. The zero-order valence-electron chi connectivity index (χ0n) is 11.6. The molecule has 0 fully saturated rings. The number of carbonyl (C=O) groups excluding carboxylic acids is 1. The Morgan fingerprint density at radius 3 is 2.50 bits per heavy atom. The summed E-state index contributed by atoms with van der Waals surface area (Å²) in [5.41, 5.74) is 0. The van der Waals surface area contributed by atoms with Crippen LogP contribution in [0.25, 0.3) is 0 Å². The molecule has 2 amide bonds. The number of nitrogens with one attached hydrogen (secondary N) is 1. The smallest absolute Gasteiger partial charge is 0.326 e. The molecule has 18 heavy (non-hydrogen) atoms. The maximum absolute atomic E-state index is 11.8. The number of rotatable bonds is 8. The number of ether oxygens (including phenoxy) is 1. The van der Waals surface area contributed by atoms with Gasteiger partial charge in [-0.2, -0.15) is 0 Å². The molecule has 0 aromatic heterocycles. The summed E-state index contributed by atoms with van der Waals surface area (Å²) in [6, 6.07) is -1.20. The summed E-state index contributed by atoms with van der Waals surface area (Å²) in [6.45, 7) is 4.82. The molecule has 2 atom stereocenters. The maximum atomic E-state index is 11.8. The van der Waals surface area contributed by atoms with Gasteiger partial charge in [-0.3, -0.25) is 0 Å². The summed E-state index contributed by atoms with van der Waals surface area (Å²) in [7, 11) is 3.24. The lowest BCUT2D eigenvalue weighted by Gasteiger charge is -2.24. The number of aliphatic carboxylic acids is 1. The molecule has 0 heterocycles. The van der Waals surface area contributed by atoms with E-state index in [9.17, 15) is 9.59 Å². The average molecular weight is 260 g/mol. The third-order valence-corrected chi connectivity index (χ3v) is 2.95. The Labute approximate surface area is 108 Å². The van der Waals surface area contributed by atoms with E-state index < -0.39 is 12.0 Å². The van der Waals surface area contributed by atoms with Gasteiger partial charge in [-0.05, 0) is 12.3 Å². The van der Waals surface area contributed by atoms with Crippen molar-refractivity contribution >= 4 is 12.0 Å². The Kier molecular flexibility index (Phi) is 8.11. The van der Waals surface area contributed by atoms with E-state index in [1.807, 2.05) is 13.8 Å². The van der Waals surface area contributed by atoms with Gasteiger partial charge in [0, 0.05) is 27.3 Å². The third-order valence-electron chi connectivity index (χ3n) is 2.95. The Morgan fingerprint density at radius 1 is 1.44 bits per heavy atom. The third kappa shape index (κ3) is 5.86. The predicted octanol–water partition coefficient (Wildman–Crippen LogP) is 1.16. The fourth-order valence-corrected chi connectivity index (χ4v) is 1.47. The second-order valence-electron chi connectivity index (χ2n) is 4.42. The highest BCUT2D eigenvalue weighted by molar-refractivity contribution is 5.82. The highest BCUT2D eigenvalue weighted by Gasteiger charge is 2.26. The van der Waals surface area contributed by atoms with Crippen molar-refractivity contribution < 1.29 is 19.4 Å². The molecule has 0 bridgehead atoms. The van der Waals surface area contributed by atoms with Crippen molar-refractivity contribution in [3.05, 3.63) is 0 Å². The Bertz CT molecular complexity index is 271. The molecule has 0 radical (unpaired) electrons. The van der Waals surface area contributed by atoms with Crippen molar-refractivity contribution in [2.75, 3.05) is 27.3 Å². The van der Waals surface area contributed by atoms with Gasteiger partial charge in [0.25, 0.3) is 0 Å². The fraction of sp³-hybridized carbons (Fsp3) is 0.833. The molecule has 6 heteroatoms. The number of nitrogens with zero attached hydrogens (tertiary/aromatic N) is 1. The van der Waals surface area contributed by atoms with Crippen LogP contribution in [0.15, 0.2) is 0 Å². The second-order valence-corrected chi connectivity index (χ2v) is 4.42. The fourth-order valence-electron chi connectivity index (χ4n) is 1.47. The number of carboxylic acid groups (broad SMARTS) is 1. The van der Waals surface area contributed by atoms with Crippen molar-refractivity contribution in [2.24, 2.45) is 5.92 Å². The van der Waals surface area contributed by atoms with Crippen LogP contribution < -0.4 is 5.32 Å². The largest absolute Gasteiger partial charge is 0.480 e. The van der Waals surface area contributed by atoms with Gasteiger partial charge in [-0.1, -0.05) is 20.3 Å². The standard InChI is InChI=1S/C12H24N2O4/c1-5-9(2)10(11(15)16)13-12(17)14(3)7-6-8-18-4/h9-10H,5-8H2,1-4H3,(H,13,17)(H,15,16). The van der Waals surface area contributed by atoms with Crippen molar-refractivity contribution in [1.29, 1.82) is 0 Å². The second kappa shape index (κ2) is 8.74. The quantitative estimate of drug-likeness (QED) is 0.642. The maximum Gasteiger partial charge on any atom is 0.326 e. The van der Waals surface area contributed by atoms with Crippen LogP contribution in [0.5, 0.6) is 0 Å². The summed E-state index contributed by atoms with van der Waals surface area (Å²) in [5.74, 6) is -1.10. The van der Waals surface area contributed by atoms with Crippen LogP contribution in [-0.4, -0.2) is 55.4 Å². The van der Waals surface area contributed by atoms with E-state index in [1.165, 1.54) is 4.90 Å². The van der Waals surface area contributed by atoms with Crippen LogP contribution in [-0.2, 0) is 9.53 Å². The summed E-state index contributed by atoms with van der Waals surface area (Å²) in [6.07, 6.45) is 1.42. The number of carboxylic acids is 1. The molecule has 2 unspecified atom stereocenters. The highest BCUT2D eigenvalue weighted by Crippen LogP contribution is 2.08. The van der Waals surface area contributed by atoms with Crippen LogP contribution in [0.2, 0.25) is 0 Å².